The van der Waals surface area contributed by atoms with E-state index in [1.165, 1.54) is 11.1 Å². The maximum absolute atomic E-state index is 12.4. The zero-order valence-electron chi connectivity index (χ0n) is 12.6. The van der Waals surface area contributed by atoms with Crippen LogP contribution in [0.5, 0.6) is 0 Å². The summed E-state index contributed by atoms with van der Waals surface area (Å²) in [5.74, 6) is 0.225. The lowest BCUT2D eigenvalue weighted by Gasteiger charge is -2.31. The number of fused-ring (bicyclic) bond motifs is 1. The lowest BCUT2D eigenvalue weighted by atomic mass is 10.00. The number of amides is 1. The van der Waals surface area contributed by atoms with E-state index in [-0.39, 0.29) is 5.91 Å². The fourth-order valence-corrected chi connectivity index (χ4v) is 2.66. The van der Waals surface area contributed by atoms with Crippen LogP contribution in [-0.4, -0.2) is 41.9 Å². The fraction of sp³-hybridized carbons (Fsp3) is 0.471. The predicted molar refractivity (Wildman–Crippen MR) is 82.5 cm³/mol. The minimum atomic E-state index is 0.225. The quantitative estimate of drug-likeness (QED) is 0.769. The van der Waals surface area contributed by atoms with Crippen molar-refractivity contribution in [3.8, 4) is 0 Å². The Bertz CT molecular complexity index is 496. The number of hydrogen-bond donors (Lipinski definition) is 0. The molecule has 1 aliphatic heterocycles. The summed E-state index contributed by atoms with van der Waals surface area (Å²) in [6.07, 6.45) is 0.967. The van der Waals surface area contributed by atoms with Gasteiger partial charge in [0.2, 0.25) is 5.91 Å². The smallest absolute Gasteiger partial charge is 0.237 e. The Labute approximate surface area is 121 Å². The molecule has 0 atom stereocenters. The number of carbonyl (C=O) groups is 1. The largest absolute Gasteiger partial charge is 0.337 e. The second-order valence-corrected chi connectivity index (χ2v) is 5.59. The minimum Gasteiger partial charge on any atom is -0.337 e. The minimum absolute atomic E-state index is 0.225. The lowest BCUT2D eigenvalue weighted by Crippen LogP contribution is -2.43. The van der Waals surface area contributed by atoms with Gasteiger partial charge in [0.15, 0.2) is 0 Å². The molecule has 0 aliphatic carbocycles. The summed E-state index contributed by atoms with van der Waals surface area (Å²) in [4.78, 5) is 16.5. The molecule has 0 bridgehead atoms. The Kier molecular flexibility index (Phi) is 4.96. The van der Waals surface area contributed by atoms with Gasteiger partial charge in [-0.15, -0.1) is 0 Å². The second kappa shape index (κ2) is 6.71. The molecular weight excluding hydrogens is 248 g/mol. The molecule has 0 saturated carbocycles. The molecule has 3 nitrogen and oxygen atoms in total. The highest BCUT2D eigenvalue weighted by atomic mass is 16.2. The van der Waals surface area contributed by atoms with Crippen molar-refractivity contribution in [2.45, 2.75) is 26.8 Å². The Morgan fingerprint density at radius 3 is 2.65 bits per heavy atom. The van der Waals surface area contributed by atoms with Gasteiger partial charge in [0, 0.05) is 19.6 Å². The van der Waals surface area contributed by atoms with Crippen LogP contribution in [0.2, 0.25) is 0 Å². The van der Waals surface area contributed by atoms with E-state index in [1.54, 1.807) is 0 Å². The molecule has 0 unspecified atom stereocenters. The third-order valence-electron chi connectivity index (χ3n) is 3.78. The molecule has 0 spiro atoms. The van der Waals surface area contributed by atoms with Gasteiger partial charge in [0.05, 0.1) is 6.54 Å². The molecular formula is C17H24N2O. The van der Waals surface area contributed by atoms with Crippen molar-refractivity contribution in [1.29, 1.82) is 0 Å². The molecule has 2 rings (SSSR count). The Hall–Kier alpha value is -1.61. The predicted octanol–water partition coefficient (Wildman–Crippen LogP) is 2.47. The molecule has 0 fully saturated rings. The number of nitrogens with zero attached hydrogens (tertiary/aromatic N) is 2. The number of carbonyl (C=O) groups excluding carboxylic acids is 1. The van der Waals surface area contributed by atoms with Crippen LogP contribution in [0.25, 0.3) is 0 Å². The van der Waals surface area contributed by atoms with Gasteiger partial charge in [0.1, 0.15) is 0 Å². The van der Waals surface area contributed by atoms with Crippen LogP contribution in [0.1, 0.15) is 25.0 Å². The Morgan fingerprint density at radius 1 is 1.30 bits per heavy atom. The first-order chi connectivity index (χ1) is 9.60. The molecule has 3 heteroatoms. The third-order valence-corrected chi connectivity index (χ3v) is 3.78. The zero-order valence-corrected chi connectivity index (χ0v) is 12.6. The van der Waals surface area contributed by atoms with Gasteiger partial charge in [-0.3, -0.25) is 9.69 Å². The first-order valence-electron chi connectivity index (χ1n) is 7.31. The number of benzene rings is 1. The number of rotatable bonds is 5. The molecule has 0 radical (unpaired) electrons. The fourth-order valence-electron chi connectivity index (χ4n) is 2.66. The highest BCUT2D eigenvalue weighted by Gasteiger charge is 2.21. The van der Waals surface area contributed by atoms with Gasteiger partial charge in [-0.2, -0.15) is 0 Å². The monoisotopic (exact) mass is 272 g/mol. The molecule has 0 aromatic heterocycles. The summed E-state index contributed by atoms with van der Waals surface area (Å²) in [7, 11) is 0. The molecule has 1 aliphatic rings. The third kappa shape index (κ3) is 3.70. The number of likely N-dealkylation sites (N-methyl/N-ethyl adjacent to an activating group) is 1. The molecule has 0 saturated heterocycles. The summed E-state index contributed by atoms with van der Waals surface area (Å²) < 4.78 is 0. The second-order valence-electron chi connectivity index (χ2n) is 5.59. The van der Waals surface area contributed by atoms with Gasteiger partial charge >= 0.3 is 0 Å². The van der Waals surface area contributed by atoms with E-state index >= 15 is 0 Å². The van der Waals surface area contributed by atoms with E-state index in [1.807, 2.05) is 17.9 Å². The summed E-state index contributed by atoms with van der Waals surface area (Å²) in [5.41, 5.74) is 3.77. The maximum Gasteiger partial charge on any atom is 0.237 e. The van der Waals surface area contributed by atoms with Crippen molar-refractivity contribution in [2.75, 3.05) is 26.2 Å². The highest BCUT2D eigenvalue weighted by molar-refractivity contribution is 5.78. The number of hydrogen-bond acceptors (Lipinski definition) is 2. The molecule has 0 N–H and O–H groups in total. The molecule has 20 heavy (non-hydrogen) atoms. The van der Waals surface area contributed by atoms with E-state index in [0.29, 0.717) is 6.54 Å². The van der Waals surface area contributed by atoms with Crippen LogP contribution in [0.15, 0.2) is 36.4 Å². The molecule has 1 aromatic rings. The standard InChI is InChI=1S/C17H24N2O/c1-4-18(11-14(2)3)13-17(20)19-10-9-15-7-5-6-8-16(15)12-19/h5-8H,2,4,9-13H2,1,3H3. The van der Waals surface area contributed by atoms with Crippen molar-refractivity contribution in [3.05, 3.63) is 47.5 Å². The van der Waals surface area contributed by atoms with E-state index in [4.69, 9.17) is 0 Å². The van der Waals surface area contributed by atoms with Crippen molar-refractivity contribution in [2.24, 2.45) is 0 Å². The average molecular weight is 272 g/mol. The van der Waals surface area contributed by atoms with Gasteiger partial charge in [-0.25, -0.2) is 0 Å². The van der Waals surface area contributed by atoms with E-state index in [9.17, 15) is 4.79 Å². The van der Waals surface area contributed by atoms with Gasteiger partial charge in [0.25, 0.3) is 0 Å². The van der Waals surface area contributed by atoms with Crippen molar-refractivity contribution >= 4 is 5.91 Å². The maximum atomic E-state index is 12.4. The Morgan fingerprint density at radius 2 is 2.00 bits per heavy atom. The lowest BCUT2D eigenvalue weighted by molar-refractivity contribution is -0.133. The molecule has 1 aromatic carbocycles. The zero-order chi connectivity index (χ0) is 14.5. The van der Waals surface area contributed by atoms with Crippen LogP contribution in [0.3, 0.4) is 0 Å². The van der Waals surface area contributed by atoms with E-state index < -0.39 is 0 Å². The first kappa shape index (κ1) is 14.8. The highest BCUT2D eigenvalue weighted by Crippen LogP contribution is 2.18. The first-order valence-corrected chi connectivity index (χ1v) is 7.31. The molecule has 1 amide bonds. The van der Waals surface area contributed by atoms with Crippen molar-refractivity contribution in [3.63, 3.8) is 0 Å². The summed E-state index contributed by atoms with van der Waals surface area (Å²) >= 11 is 0. The summed E-state index contributed by atoms with van der Waals surface area (Å²) in [6, 6.07) is 8.41. The van der Waals surface area contributed by atoms with E-state index in [2.05, 4.69) is 36.6 Å². The van der Waals surface area contributed by atoms with Crippen molar-refractivity contribution < 1.29 is 4.79 Å². The van der Waals surface area contributed by atoms with Crippen LogP contribution in [0, 0.1) is 0 Å². The average Bonchev–Trinajstić information content (AvgIpc) is 2.45. The van der Waals surface area contributed by atoms with Crippen LogP contribution < -0.4 is 0 Å². The van der Waals surface area contributed by atoms with Crippen molar-refractivity contribution in [1.82, 2.24) is 9.80 Å². The summed E-state index contributed by atoms with van der Waals surface area (Å²) in [6.45, 7) is 11.8. The molecule has 1 heterocycles. The SMILES string of the molecule is C=C(C)CN(CC)CC(=O)N1CCc2ccccc2C1. The van der Waals surface area contributed by atoms with E-state index in [0.717, 1.165) is 38.2 Å². The molecule has 108 valence electrons. The normalized spacial score (nSPS) is 14.2. The van der Waals surface area contributed by atoms with Crippen LogP contribution >= 0.6 is 0 Å². The van der Waals surface area contributed by atoms with Crippen LogP contribution in [-0.2, 0) is 17.8 Å². The topological polar surface area (TPSA) is 23.6 Å². The Balaban J connectivity index is 1.95. The van der Waals surface area contributed by atoms with Gasteiger partial charge in [-0.1, -0.05) is 43.3 Å². The van der Waals surface area contributed by atoms with Crippen LogP contribution in [0.4, 0.5) is 0 Å². The summed E-state index contributed by atoms with van der Waals surface area (Å²) in [5, 5.41) is 0. The van der Waals surface area contributed by atoms with Gasteiger partial charge < -0.3 is 4.90 Å². The van der Waals surface area contributed by atoms with Gasteiger partial charge in [-0.05, 0) is 31.0 Å².